The summed E-state index contributed by atoms with van der Waals surface area (Å²) in [7, 11) is -3.83. The average Bonchev–Trinajstić information content (AvgIpc) is 2.60. The Kier molecular flexibility index (Phi) is 6.70. The zero-order valence-electron chi connectivity index (χ0n) is 16.2. The number of aliphatic hydroxyl groups excluding tert-OH is 1. The molecule has 1 aliphatic heterocycles. The Morgan fingerprint density at radius 1 is 1.30 bits per heavy atom. The smallest absolute Gasteiger partial charge is 0.410 e. The molecule has 0 aliphatic carbocycles. The van der Waals surface area contributed by atoms with Crippen molar-refractivity contribution in [1.29, 1.82) is 0 Å². The van der Waals surface area contributed by atoms with E-state index in [-0.39, 0.29) is 22.3 Å². The standard InChI is InChI=1S/C20H29NO5S/c1-15(27(24,25)17-11-6-5-7-12-17)18(22)14-16-10-8-9-13-21(16)19(23)26-20(2,3)4/h5-7,11-12,16,18,22H,1,8-10,13-14H2,2-4H3/t16-,18?/m0/s1. The molecule has 27 heavy (non-hydrogen) atoms. The van der Waals surface area contributed by atoms with Gasteiger partial charge in [-0.25, -0.2) is 13.2 Å². The summed E-state index contributed by atoms with van der Waals surface area (Å²) in [5, 5.41) is 10.5. The van der Waals surface area contributed by atoms with E-state index in [4.69, 9.17) is 4.74 Å². The van der Waals surface area contributed by atoms with Crippen molar-refractivity contribution < 1.29 is 23.1 Å². The van der Waals surface area contributed by atoms with Gasteiger partial charge in [0, 0.05) is 12.6 Å². The number of carbonyl (C=O) groups is 1. The zero-order chi connectivity index (χ0) is 20.2. The van der Waals surface area contributed by atoms with E-state index in [9.17, 15) is 18.3 Å². The number of likely N-dealkylation sites (tertiary alicyclic amines) is 1. The molecule has 1 aliphatic rings. The van der Waals surface area contributed by atoms with Gasteiger partial charge in [0.15, 0.2) is 0 Å². The molecule has 1 saturated heterocycles. The van der Waals surface area contributed by atoms with Crippen LogP contribution in [0.4, 0.5) is 4.79 Å². The van der Waals surface area contributed by atoms with Crippen molar-refractivity contribution in [2.24, 2.45) is 0 Å². The van der Waals surface area contributed by atoms with Crippen molar-refractivity contribution in [3.63, 3.8) is 0 Å². The number of piperidine rings is 1. The highest BCUT2D eigenvalue weighted by molar-refractivity contribution is 7.95. The number of benzene rings is 1. The normalized spacial score (nSPS) is 19.4. The molecule has 2 atom stereocenters. The molecule has 0 spiro atoms. The maximum atomic E-state index is 12.7. The number of carbonyl (C=O) groups excluding carboxylic acids is 1. The highest BCUT2D eigenvalue weighted by atomic mass is 32.2. The third kappa shape index (κ3) is 5.56. The van der Waals surface area contributed by atoms with E-state index in [1.54, 1.807) is 43.9 Å². The average molecular weight is 396 g/mol. The Morgan fingerprint density at radius 2 is 1.93 bits per heavy atom. The second-order valence-corrected chi connectivity index (χ2v) is 9.86. The van der Waals surface area contributed by atoms with Crippen LogP contribution < -0.4 is 0 Å². The van der Waals surface area contributed by atoms with Crippen LogP contribution in [-0.2, 0) is 14.6 Å². The van der Waals surface area contributed by atoms with Crippen LogP contribution in [0, 0.1) is 0 Å². The summed E-state index contributed by atoms with van der Waals surface area (Å²) < 4.78 is 30.8. The maximum Gasteiger partial charge on any atom is 0.410 e. The minimum Gasteiger partial charge on any atom is -0.444 e. The van der Waals surface area contributed by atoms with Crippen molar-refractivity contribution in [3.05, 3.63) is 41.8 Å². The molecule has 6 nitrogen and oxygen atoms in total. The van der Waals surface area contributed by atoms with Crippen LogP contribution in [0.3, 0.4) is 0 Å². The van der Waals surface area contributed by atoms with Gasteiger partial charge in [-0.2, -0.15) is 0 Å². The van der Waals surface area contributed by atoms with Crippen molar-refractivity contribution in [2.75, 3.05) is 6.54 Å². The number of rotatable bonds is 5. The fourth-order valence-corrected chi connectivity index (χ4v) is 4.40. The van der Waals surface area contributed by atoms with E-state index >= 15 is 0 Å². The van der Waals surface area contributed by atoms with E-state index < -0.39 is 27.6 Å². The number of hydrogen-bond donors (Lipinski definition) is 1. The Bertz CT molecular complexity index is 767. The Hall–Kier alpha value is -1.86. The highest BCUT2D eigenvalue weighted by Gasteiger charge is 2.34. The lowest BCUT2D eigenvalue weighted by molar-refractivity contribution is 0.00464. The van der Waals surface area contributed by atoms with E-state index in [1.807, 2.05) is 0 Å². The monoisotopic (exact) mass is 395 g/mol. The lowest BCUT2D eigenvalue weighted by Gasteiger charge is -2.37. The molecule has 1 N–H and O–H groups in total. The molecule has 1 aromatic carbocycles. The summed E-state index contributed by atoms with van der Waals surface area (Å²) in [6.07, 6.45) is 0.877. The van der Waals surface area contributed by atoms with Gasteiger partial charge in [-0.05, 0) is 58.6 Å². The molecular weight excluding hydrogens is 366 g/mol. The number of nitrogens with zero attached hydrogens (tertiary/aromatic N) is 1. The third-order valence-electron chi connectivity index (χ3n) is 4.52. The molecule has 0 radical (unpaired) electrons. The zero-order valence-corrected chi connectivity index (χ0v) is 17.0. The van der Waals surface area contributed by atoms with Gasteiger partial charge in [0.25, 0.3) is 0 Å². The Morgan fingerprint density at radius 3 is 2.52 bits per heavy atom. The minimum absolute atomic E-state index is 0.0988. The third-order valence-corrected chi connectivity index (χ3v) is 6.38. The van der Waals surface area contributed by atoms with Crippen LogP contribution in [-0.4, -0.2) is 48.8 Å². The molecule has 2 rings (SSSR count). The van der Waals surface area contributed by atoms with Crippen LogP contribution in [0.5, 0.6) is 0 Å². The first-order valence-corrected chi connectivity index (χ1v) is 10.7. The fourth-order valence-electron chi connectivity index (χ4n) is 3.13. The molecule has 0 bridgehead atoms. The van der Waals surface area contributed by atoms with E-state index in [2.05, 4.69) is 6.58 Å². The van der Waals surface area contributed by atoms with Crippen molar-refractivity contribution in [2.45, 2.75) is 69.1 Å². The van der Waals surface area contributed by atoms with Gasteiger partial charge >= 0.3 is 6.09 Å². The number of amides is 1. The van der Waals surface area contributed by atoms with Crippen LogP contribution in [0.2, 0.25) is 0 Å². The molecule has 1 unspecified atom stereocenters. The Labute approximate surface area is 161 Å². The molecule has 150 valence electrons. The molecule has 1 aromatic rings. The highest BCUT2D eigenvalue weighted by Crippen LogP contribution is 2.28. The van der Waals surface area contributed by atoms with Crippen LogP contribution in [0.1, 0.15) is 46.5 Å². The predicted molar refractivity (Wildman–Crippen MR) is 104 cm³/mol. The van der Waals surface area contributed by atoms with Gasteiger partial charge in [0.05, 0.1) is 15.9 Å². The number of hydrogen-bond acceptors (Lipinski definition) is 5. The predicted octanol–water partition coefficient (Wildman–Crippen LogP) is 3.51. The minimum atomic E-state index is -3.83. The van der Waals surface area contributed by atoms with Gasteiger partial charge < -0.3 is 14.7 Å². The SMILES string of the molecule is C=C(C(O)C[C@@H]1CCCCN1C(=O)OC(C)(C)C)S(=O)(=O)c1ccccc1. The van der Waals surface area contributed by atoms with Gasteiger partial charge in [0.2, 0.25) is 9.84 Å². The van der Waals surface area contributed by atoms with Gasteiger partial charge in [-0.1, -0.05) is 24.8 Å². The van der Waals surface area contributed by atoms with E-state index in [0.29, 0.717) is 13.0 Å². The second kappa shape index (κ2) is 8.44. The molecule has 1 fully saturated rings. The van der Waals surface area contributed by atoms with Crippen LogP contribution in [0.25, 0.3) is 0 Å². The molecule has 1 amide bonds. The van der Waals surface area contributed by atoms with Crippen molar-refractivity contribution in [1.82, 2.24) is 4.90 Å². The number of sulfone groups is 1. The number of aliphatic hydroxyl groups is 1. The van der Waals surface area contributed by atoms with E-state index in [0.717, 1.165) is 12.8 Å². The van der Waals surface area contributed by atoms with Gasteiger partial charge in [-0.3, -0.25) is 0 Å². The summed E-state index contributed by atoms with van der Waals surface area (Å²) >= 11 is 0. The summed E-state index contributed by atoms with van der Waals surface area (Å²) in [4.78, 5) is 13.9. The van der Waals surface area contributed by atoms with Gasteiger partial charge in [-0.15, -0.1) is 0 Å². The van der Waals surface area contributed by atoms with Crippen LogP contribution >= 0.6 is 0 Å². The maximum absolute atomic E-state index is 12.7. The first-order chi connectivity index (χ1) is 12.5. The molecule has 0 aromatic heterocycles. The summed E-state index contributed by atoms with van der Waals surface area (Å²) in [6.45, 7) is 9.55. The molecule has 1 heterocycles. The first kappa shape index (κ1) is 21.4. The van der Waals surface area contributed by atoms with Crippen molar-refractivity contribution >= 4 is 15.9 Å². The number of ether oxygens (including phenoxy) is 1. The molecular formula is C20H29NO5S. The van der Waals surface area contributed by atoms with E-state index in [1.165, 1.54) is 12.1 Å². The largest absolute Gasteiger partial charge is 0.444 e. The lowest BCUT2D eigenvalue weighted by atomic mass is 9.97. The van der Waals surface area contributed by atoms with Gasteiger partial charge in [0.1, 0.15) is 5.60 Å². The van der Waals surface area contributed by atoms with Crippen LogP contribution in [0.15, 0.2) is 46.7 Å². The first-order valence-electron chi connectivity index (χ1n) is 9.19. The fraction of sp³-hybridized carbons (Fsp3) is 0.550. The lowest BCUT2D eigenvalue weighted by Crippen LogP contribution is -2.47. The topological polar surface area (TPSA) is 83.9 Å². The summed E-state index contributed by atoms with van der Waals surface area (Å²) in [5.74, 6) is 0. The Balaban J connectivity index is 2.11. The molecule has 7 heteroatoms. The summed E-state index contributed by atoms with van der Waals surface area (Å²) in [6, 6.07) is 7.63. The second-order valence-electron chi connectivity index (χ2n) is 7.86. The molecule has 0 saturated carbocycles. The quantitative estimate of drug-likeness (QED) is 0.825. The van der Waals surface area contributed by atoms with Crippen molar-refractivity contribution in [3.8, 4) is 0 Å². The summed E-state index contributed by atoms with van der Waals surface area (Å²) in [5.41, 5.74) is -0.613.